The molecule has 0 saturated carbocycles. The Morgan fingerprint density at radius 1 is 1.35 bits per heavy atom. The molecule has 1 aliphatic rings. The van der Waals surface area contributed by atoms with Gasteiger partial charge in [0.1, 0.15) is 0 Å². The number of rotatable bonds is 4. The predicted octanol–water partition coefficient (Wildman–Crippen LogP) is 1.73. The number of nitrogens with one attached hydrogen (secondary N) is 1. The van der Waals surface area contributed by atoms with Crippen molar-refractivity contribution in [2.75, 3.05) is 32.1 Å². The smallest absolute Gasteiger partial charge is 0.0471 e. The summed E-state index contributed by atoms with van der Waals surface area (Å²) in [6, 6.07) is 8.97. The first-order valence-electron chi connectivity index (χ1n) is 6.43. The third kappa shape index (κ3) is 3.72. The maximum absolute atomic E-state index is 8.86. The zero-order valence-corrected chi connectivity index (χ0v) is 10.5. The Kier molecular flexibility index (Phi) is 4.40. The summed E-state index contributed by atoms with van der Waals surface area (Å²) in [7, 11) is 2.18. The summed E-state index contributed by atoms with van der Waals surface area (Å²) in [6.07, 6.45) is 3.27. The van der Waals surface area contributed by atoms with Crippen LogP contribution in [0.2, 0.25) is 0 Å². The number of hydrogen-bond donors (Lipinski definition) is 2. The van der Waals surface area contributed by atoms with Crippen LogP contribution < -0.4 is 5.32 Å². The predicted molar refractivity (Wildman–Crippen MR) is 71.4 cm³/mol. The van der Waals surface area contributed by atoms with Crippen LogP contribution in [-0.4, -0.2) is 42.8 Å². The zero-order chi connectivity index (χ0) is 12.1. The number of likely N-dealkylation sites (tertiary alicyclic amines) is 1. The first-order chi connectivity index (χ1) is 8.28. The maximum atomic E-state index is 8.86. The Balaban J connectivity index is 1.89. The minimum absolute atomic E-state index is 0.222. The highest BCUT2D eigenvalue weighted by atomic mass is 16.2. The molecule has 0 radical (unpaired) electrons. The van der Waals surface area contributed by atoms with E-state index in [2.05, 4.69) is 41.5 Å². The summed E-state index contributed by atoms with van der Waals surface area (Å²) in [6.45, 7) is 2.56. The molecule has 1 fully saturated rings. The average Bonchev–Trinajstić information content (AvgIpc) is 2.32. The second kappa shape index (κ2) is 6.03. The molecule has 1 atom stereocenters. The monoisotopic (exact) mass is 234 g/mol. The summed E-state index contributed by atoms with van der Waals surface area (Å²) >= 11 is 0. The van der Waals surface area contributed by atoms with E-state index in [9.17, 15) is 0 Å². The molecule has 2 rings (SSSR count). The minimum Gasteiger partial charge on any atom is -0.396 e. The highest BCUT2D eigenvalue weighted by Crippen LogP contribution is 2.16. The molecular weight excluding hydrogens is 212 g/mol. The topological polar surface area (TPSA) is 35.5 Å². The van der Waals surface area contributed by atoms with Gasteiger partial charge < -0.3 is 15.3 Å². The van der Waals surface area contributed by atoms with Crippen molar-refractivity contribution in [1.82, 2.24) is 4.90 Å². The molecule has 0 amide bonds. The van der Waals surface area contributed by atoms with Crippen LogP contribution in [0.5, 0.6) is 0 Å². The van der Waals surface area contributed by atoms with Gasteiger partial charge >= 0.3 is 0 Å². The van der Waals surface area contributed by atoms with Crippen LogP contribution in [0, 0.1) is 0 Å². The van der Waals surface area contributed by atoms with E-state index < -0.39 is 0 Å². The lowest BCUT2D eigenvalue weighted by Crippen LogP contribution is -2.39. The first kappa shape index (κ1) is 12.4. The molecule has 17 heavy (non-hydrogen) atoms. The van der Waals surface area contributed by atoms with Crippen molar-refractivity contribution < 1.29 is 5.11 Å². The Bertz CT molecular complexity index is 337. The van der Waals surface area contributed by atoms with Gasteiger partial charge in [-0.2, -0.15) is 0 Å². The Morgan fingerprint density at radius 2 is 2.12 bits per heavy atom. The molecular formula is C14H22N2O. The van der Waals surface area contributed by atoms with Crippen LogP contribution in [0.1, 0.15) is 18.4 Å². The van der Waals surface area contributed by atoms with Crippen LogP contribution >= 0.6 is 0 Å². The van der Waals surface area contributed by atoms with E-state index in [1.165, 1.54) is 30.6 Å². The lowest BCUT2D eigenvalue weighted by atomic mass is 10.1. The van der Waals surface area contributed by atoms with Crippen molar-refractivity contribution in [3.8, 4) is 0 Å². The second-order valence-electron chi connectivity index (χ2n) is 4.92. The minimum atomic E-state index is 0.222. The lowest BCUT2D eigenvalue weighted by molar-refractivity contribution is 0.261. The first-order valence-corrected chi connectivity index (χ1v) is 6.43. The van der Waals surface area contributed by atoms with Crippen molar-refractivity contribution in [2.24, 2.45) is 0 Å². The Hall–Kier alpha value is -1.06. The molecule has 94 valence electrons. The summed E-state index contributed by atoms with van der Waals surface area (Å²) in [5.74, 6) is 0. The number of aliphatic hydroxyl groups excluding tert-OH is 1. The van der Waals surface area contributed by atoms with Gasteiger partial charge in [0.15, 0.2) is 0 Å². The fourth-order valence-corrected chi connectivity index (χ4v) is 2.42. The van der Waals surface area contributed by atoms with Gasteiger partial charge in [-0.1, -0.05) is 12.1 Å². The quantitative estimate of drug-likeness (QED) is 0.833. The summed E-state index contributed by atoms with van der Waals surface area (Å²) < 4.78 is 0. The SMILES string of the molecule is CN1CCCC(Nc2ccc(CCO)cc2)C1. The van der Waals surface area contributed by atoms with E-state index in [0.717, 1.165) is 13.0 Å². The van der Waals surface area contributed by atoms with E-state index >= 15 is 0 Å². The van der Waals surface area contributed by atoms with Gasteiger partial charge in [-0.25, -0.2) is 0 Å². The highest BCUT2D eigenvalue weighted by molar-refractivity contribution is 5.45. The van der Waals surface area contributed by atoms with Crippen LogP contribution in [0.4, 0.5) is 5.69 Å². The van der Waals surface area contributed by atoms with Crippen molar-refractivity contribution in [3.63, 3.8) is 0 Å². The number of piperidine rings is 1. The van der Waals surface area contributed by atoms with Crippen LogP contribution in [-0.2, 0) is 6.42 Å². The summed E-state index contributed by atoms with van der Waals surface area (Å²) in [5, 5.41) is 12.4. The van der Waals surface area contributed by atoms with Gasteiger partial charge in [0.25, 0.3) is 0 Å². The van der Waals surface area contributed by atoms with Gasteiger partial charge in [-0.15, -0.1) is 0 Å². The molecule has 0 aromatic heterocycles. The molecule has 0 aliphatic carbocycles. The van der Waals surface area contributed by atoms with Crippen molar-refractivity contribution in [3.05, 3.63) is 29.8 Å². The summed E-state index contributed by atoms with van der Waals surface area (Å²) in [4.78, 5) is 2.38. The van der Waals surface area contributed by atoms with Crippen molar-refractivity contribution >= 4 is 5.69 Å². The Morgan fingerprint density at radius 3 is 2.76 bits per heavy atom. The van der Waals surface area contributed by atoms with Crippen LogP contribution in [0.15, 0.2) is 24.3 Å². The van der Waals surface area contributed by atoms with Gasteiger partial charge in [0.05, 0.1) is 0 Å². The van der Waals surface area contributed by atoms with E-state index in [1.807, 2.05) is 0 Å². The number of anilines is 1. The van der Waals surface area contributed by atoms with E-state index in [1.54, 1.807) is 0 Å². The number of aliphatic hydroxyl groups is 1. The molecule has 2 N–H and O–H groups in total. The molecule has 3 heteroatoms. The molecule has 0 bridgehead atoms. The van der Waals surface area contributed by atoms with Gasteiger partial charge in [-0.05, 0) is 50.6 Å². The average molecular weight is 234 g/mol. The van der Waals surface area contributed by atoms with E-state index in [0.29, 0.717) is 6.04 Å². The zero-order valence-electron chi connectivity index (χ0n) is 10.5. The molecule has 1 heterocycles. The van der Waals surface area contributed by atoms with E-state index in [-0.39, 0.29) is 6.61 Å². The molecule has 1 unspecified atom stereocenters. The van der Waals surface area contributed by atoms with Crippen LogP contribution in [0.25, 0.3) is 0 Å². The molecule has 1 aliphatic heterocycles. The molecule has 0 spiro atoms. The largest absolute Gasteiger partial charge is 0.396 e. The molecule has 1 aromatic rings. The Labute approximate surface area is 103 Å². The summed E-state index contributed by atoms with van der Waals surface area (Å²) in [5.41, 5.74) is 2.38. The van der Waals surface area contributed by atoms with Gasteiger partial charge in [0.2, 0.25) is 0 Å². The van der Waals surface area contributed by atoms with Gasteiger partial charge in [-0.3, -0.25) is 0 Å². The third-order valence-electron chi connectivity index (χ3n) is 3.35. The highest BCUT2D eigenvalue weighted by Gasteiger charge is 2.16. The lowest BCUT2D eigenvalue weighted by Gasteiger charge is -2.30. The third-order valence-corrected chi connectivity index (χ3v) is 3.35. The van der Waals surface area contributed by atoms with E-state index in [4.69, 9.17) is 5.11 Å². The number of hydrogen-bond acceptors (Lipinski definition) is 3. The van der Waals surface area contributed by atoms with Crippen LogP contribution in [0.3, 0.4) is 0 Å². The fraction of sp³-hybridized carbons (Fsp3) is 0.571. The van der Waals surface area contributed by atoms with Gasteiger partial charge in [0, 0.05) is 24.9 Å². The second-order valence-corrected chi connectivity index (χ2v) is 4.92. The molecule has 3 nitrogen and oxygen atoms in total. The number of likely N-dealkylation sites (N-methyl/N-ethyl adjacent to an activating group) is 1. The standard InChI is InChI=1S/C14H22N2O/c1-16-9-2-3-14(11-16)15-13-6-4-12(5-7-13)8-10-17/h4-7,14-15,17H,2-3,8-11H2,1H3. The van der Waals surface area contributed by atoms with Crippen molar-refractivity contribution in [1.29, 1.82) is 0 Å². The number of nitrogens with zero attached hydrogens (tertiary/aromatic N) is 1. The number of benzene rings is 1. The van der Waals surface area contributed by atoms with Crippen molar-refractivity contribution in [2.45, 2.75) is 25.3 Å². The fourth-order valence-electron chi connectivity index (χ4n) is 2.42. The molecule has 1 aromatic carbocycles. The maximum Gasteiger partial charge on any atom is 0.0471 e. The normalized spacial score (nSPS) is 21.4. The molecule has 1 saturated heterocycles.